The summed E-state index contributed by atoms with van der Waals surface area (Å²) in [5.41, 5.74) is 2.07. The summed E-state index contributed by atoms with van der Waals surface area (Å²) in [5, 5.41) is 4.05. The summed E-state index contributed by atoms with van der Waals surface area (Å²) >= 11 is 6.21. The Hall–Kier alpha value is -2.86. The van der Waals surface area contributed by atoms with E-state index in [9.17, 15) is 4.39 Å². The van der Waals surface area contributed by atoms with Gasteiger partial charge in [0.05, 0.1) is 0 Å². The highest BCUT2D eigenvalue weighted by Gasteiger charge is 2.19. The number of piperazine rings is 1. The van der Waals surface area contributed by atoms with E-state index in [4.69, 9.17) is 11.6 Å². The third-order valence-electron chi connectivity index (χ3n) is 4.87. The molecule has 1 saturated heterocycles. The van der Waals surface area contributed by atoms with E-state index in [-0.39, 0.29) is 5.82 Å². The van der Waals surface area contributed by atoms with Crippen LogP contribution in [0.15, 0.2) is 60.9 Å². The zero-order valence-electron chi connectivity index (χ0n) is 15.4. The number of aromatic nitrogens is 2. The van der Waals surface area contributed by atoms with Crippen LogP contribution in [0.2, 0.25) is 5.02 Å². The van der Waals surface area contributed by atoms with E-state index in [2.05, 4.69) is 25.1 Å². The van der Waals surface area contributed by atoms with E-state index in [1.54, 1.807) is 6.33 Å². The molecule has 1 aromatic heterocycles. The van der Waals surface area contributed by atoms with Crippen molar-refractivity contribution in [3.05, 3.63) is 77.3 Å². The van der Waals surface area contributed by atoms with Crippen molar-refractivity contribution in [2.45, 2.75) is 6.54 Å². The molecule has 1 aliphatic heterocycles. The van der Waals surface area contributed by atoms with Gasteiger partial charge < -0.3 is 15.1 Å². The average molecular weight is 398 g/mol. The summed E-state index contributed by atoms with van der Waals surface area (Å²) < 4.78 is 13.1. The predicted molar refractivity (Wildman–Crippen MR) is 112 cm³/mol. The lowest BCUT2D eigenvalue weighted by Gasteiger charge is -2.36. The highest BCUT2D eigenvalue weighted by Crippen LogP contribution is 2.21. The fourth-order valence-corrected chi connectivity index (χ4v) is 3.49. The minimum atomic E-state index is -0.208. The summed E-state index contributed by atoms with van der Waals surface area (Å²) in [6.07, 6.45) is 1.58. The maximum atomic E-state index is 13.1. The first-order valence-electron chi connectivity index (χ1n) is 9.24. The molecular formula is C21H21ClFN5. The minimum absolute atomic E-state index is 0.208. The van der Waals surface area contributed by atoms with Crippen molar-refractivity contribution >= 4 is 28.9 Å². The summed E-state index contributed by atoms with van der Waals surface area (Å²) in [7, 11) is 0. The van der Waals surface area contributed by atoms with Crippen LogP contribution in [0, 0.1) is 5.82 Å². The summed E-state index contributed by atoms with van der Waals surface area (Å²) in [6, 6.07) is 16.4. The second-order valence-electron chi connectivity index (χ2n) is 6.66. The van der Waals surface area contributed by atoms with E-state index in [0.29, 0.717) is 6.54 Å². The number of anilines is 3. The molecule has 0 amide bonds. The third-order valence-corrected chi connectivity index (χ3v) is 5.23. The zero-order chi connectivity index (χ0) is 19.3. The highest BCUT2D eigenvalue weighted by molar-refractivity contribution is 6.31. The molecule has 0 bridgehead atoms. The summed E-state index contributed by atoms with van der Waals surface area (Å²) in [4.78, 5) is 13.2. The first kappa shape index (κ1) is 18.5. The van der Waals surface area contributed by atoms with Gasteiger partial charge in [-0.1, -0.05) is 29.8 Å². The van der Waals surface area contributed by atoms with Crippen LogP contribution in [0.5, 0.6) is 0 Å². The Morgan fingerprint density at radius 1 is 0.929 bits per heavy atom. The quantitative estimate of drug-likeness (QED) is 0.698. The molecular weight excluding hydrogens is 377 g/mol. The zero-order valence-corrected chi connectivity index (χ0v) is 16.1. The molecule has 0 radical (unpaired) electrons. The molecule has 144 valence electrons. The van der Waals surface area contributed by atoms with E-state index < -0.39 is 0 Å². The lowest BCUT2D eigenvalue weighted by atomic mass is 10.2. The van der Waals surface area contributed by atoms with Crippen LogP contribution in [0.3, 0.4) is 0 Å². The number of halogens is 2. The smallest absolute Gasteiger partial charge is 0.134 e. The van der Waals surface area contributed by atoms with Crippen LogP contribution < -0.4 is 15.1 Å². The molecule has 1 N–H and O–H groups in total. The number of nitrogens with zero attached hydrogens (tertiary/aromatic N) is 4. The highest BCUT2D eigenvalue weighted by atomic mass is 35.5. The molecule has 0 atom stereocenters. The number of rotatable bonds is 5. The van der Waals surface area contributed by atoms with Crippen molar-refractivity contribution in [3.63, 3.8) is 0 Å². The SMILES string of the molecule is Fc1ccc(N2CCN(c3cc(NCc4ccccc4Cl)ncn3)CC2)cc1. The molecule has 2 aromatic carbocycles. The Morgan fingerprint density at radius 3 is 2.39 bits per heavy atom. The molecule has 3 aromatic rings. The number of nitrogens with one attached hydrogen (secondary N) is 1. The number of benzene rings is 2. The fraction of sp³-hybridized carbons (Fsp3) is 0.238. The van der Waals surface area contributed by atoms with Gasteiger partial charge in [0.2, 0.25) is 0 Å². The van der Waals surface area contributed by atoms with Gasteiger partial charge in [-0.25, -0.2) is 14.4 Å². The van der Waals surface area contributed by atoms with Gasteiger partial charge in [0.25, 0.3) is 0 Å². The second-order valence-corrected chi connectivity index (χ2v) is 7.06. The fourth-order valence-electron chi connectivity index (χ4n) is 3.29. The van der Waals surface area contributed by atoms with Gasteiger partial charge in [-0.05, 0) is 35.9 Å². The van der Waals surface area contributed by atoms with Crippen LogP contribution in [-0.2, 0) is 6.54 Å². The van der Waals surface area contributed by atoms with E-state index >= 15 is 0 Å². The van der Waals surface area contributed by atoms with E-state index in [1.165, 1.54) is 12.1 Å². The maximum Gasteiger partial charge on any atom is 0.134 e. The van der Waals surface area contributed by atoms with Crippen molar-refractivity contribution in [2.24, 2.45) is 0 Å². The Balaban J connectivity index is 1.37. The van der Waals surface area contributed by atoms with Crippen LogP contribution in [0.4, 0.5) is 21.7 Å². The molecule has 0 unspecified atom stereocenters. The molecule has 1 aliphatic rings. The van der Waals surface area contributed by atoms with Crippen molar-refractivity contribution in [2.75, 3.05) is 41.3 Å². The molecule has 5 nitrogen and oxygen atoms in total. The lowest BCUT2D eigenvalue weighted by molar-refractivity contribution is 0.624. The molecule has 0 spiro atoms. The predicted octanol–water partition coefficient (Wildman–Crippen LogP) is 4.21. The lowest BCUT2D eigenvalue weighted by Crippen LogP contribution is -2.46. The summed E-state index contributed by atoms with van der Waals surface area (Å²) in [6.45, 7) is 4.02. The minimum Gasteiger partial charge on any atom is -0.368 e. The van der Waals surface area contributed by atoms with Gasteiger partial charge in [0.1, 0.15) is 23.8 Å². The molecule has 28 heavy (non-hydrogen) atoms. The van der Waals surface area contributed by atoms with Crippen molar-refractivity contribution < 1.29 is 4.39 Å². The molecule has 2 heterocycles. The number of hydrogen-bond acceptors (Lipinski definition) is 5. The molecule has 4 rings (SSSR count). The van der Waals surface area contributed by atoms with Gasteiger partial charge >= 0.3 is 0 Å². The first-order valence-corrected chi connectivity index (χ1v) is 9.61. The van der Waals surface area contributed by atoms with Crippen molar-refractivity contribution in [3.8, 4) is 0 Å². The molecule has 7 heteroatoms. The van der Waals surface area contributed by atoms with Crippen LogP contribution >= 0.6 is 11.6 Å². The Bertz CT molecular complexity index is 926. The van der Waals surface area contributed by atoms with E-state index in [1.807, 2.05) is 42.5 Å². The van der Waals surface area contributed by atoms with Gasteiger partial charge in [0.15, 0.2) is 0 Å². The van der Waals surface area contributed by atoms with Crippen LogP contribution in [-0.4, -0.2) is 36.1 Å². The Morgan fingerprint density at radius 2 is 1.64 bits per heavy atom. The molecule has 0 aliphatic carbocycles. The van der Waals surface area contributed by atoms with Gasteiger partial charge in [-0.15, -0.1) is 0 Å². The average Bonchev–Trinajstić information content (AvgIpc) is 2.74. The second kappa shape index (κ2) is 8.44. The van der Waals surface area contributed by atoms with Gasteiger partial charge in [-0.2, -0.15) is 0 Å². The summed E-state index contributed by atoms with van der Waals surface area (Å²) in [5.74, 6) is 1.46. The van der Waals surface area contributed by atoms with Crippen LogP contribution in [0.25, 0.3) is 0 Å². The normalized spacial score (nSPS) is 14.2. The molecule has 1 fully saturated rings. The van der Waals surface area contributed by atoms with Crippen LogP contribution in [0.1, 0.15) is 5.56 Å². The standard InChI is InChI=1S/C21H21ClFN5/c22-19-4-2-1-3-16(19)14-24-20-13-21(26-15-25-20)28-11-9-27(10-12-28)18-7-5-17(23)6-8-18/h1-8,13,15H,9-12,14H2,(H,24,25,26). The Kier molecular flexibility index (Phi) is 5.58. The van der Waals surface area contributed by atoms with E-state index in [0.717, 1.165) is 54.1 Å². The molecule has 0 saturated carbocycles. The van der Waals surface area contributed by atoms with Crippen molar-refractivity contribution in [1.29, 1.82) is 0 Å². The monoisotopic (exact) mass is 397 g/mol. The Labute approximate surface area is 168 Å². The van der Waals surface area contributed by atoms with Gasteiger partial charge in [-0.3, -0.25) is 0 Å². The maximum absolute atomic E-state index is 13.1. The van der Waals surface area contributed by atoms with Crippen molar-refractivity contribution in [1.82, 2.24) is 9.97 Å². The first-order chi connectivity index (χ1) is 13.7. The third kappa shape index (κ3) is 4.34. The van der Waals surface area contributed by atoms with Gasteiger partial charge in [0, 0.05) is 49.5 Å². The topological polar surface area (TPSA) is 44.3 Å². The number of hydrogen-bond donors (Lipinski definition) is 1. The largest absolute Gasteiger partial charge is 0.368 e.